The monoisotopic (exact) mass is 269 g/mol. The molecule has 0 spiro atoms. The molecule has 2 N–H and O–H groups in total. The van der Waals surface area contributed by atoms with Crippen LogP contribution < -0.4 is 5.32 Å². The Hall–Kier alpha value is -0.0800. The summed E-state index contributed by atoms with van der Waals surface area (Å²) in [7, 11) is 0. The van der Waals surface area contributed by atoms with Gasteiger partial charge in [0, 0.05) is 12.6 Å². The summed E-state index contributed by atoms with van der Waals surface area (Å²) in [5.74, 6) is 0. The number of unbranched alkanes of at least 4 members (excludes halogenated alkanes) is 9. The van der Waals surface area contributed by atoms with Gasteiger partial charge in [-0.3, -0.25) is 0 Å². The maximum absolute atomic E-state index is 9.79. The SMILES string of the molecule is CCCCCCCCCCCCC(O)CNC1CC1. The van der Waals surface area contributed by atoms with Gasteiger partial charge in [0.2, 0.25) is 0 Å². The molecule has 2 nitrogen and oxygen atoms in total. The van der Waals surface area contributed by atoms with Gasteiger partial charge in [-0.25, -0.2) is 0 Å². The molecule has 1 saturated carbocycles. The minimum Gasteiger partial charge on any atom is -0.392 e. The van der Waals surface area contributed by atoms with Crippen LogP contribution in [-0.4, -0.2) is 23.8 Å². The average Bonchev–Trinajstić information content (AvgIpc) is 3.23. The lowest BCUT2D eigenvalue weighted by Gasteiger charge is -2.11. The first kappa shape index (κ1) is 17.0. The number of hydrogen-bond acceptors (Lipinski definition) is 2. The van der Waals surface area contributed by atoms with Crippen molar-refractivity contribution >= 4 is 0 Å². The molecule has 0 radical (unpaired) electrons. The van der Waals surface area contributed by atoms with Gasteiger partial charge in [-0.05, 0) is 19.3 Å². The molecular formula is C17H35NO. The fourth-order valence-corrected chi connectivity index (χ4v) is 2.56. The van der Waals surface area contributed by atoms with Crippen LogP contribution in [0.1, 0.15) is 90.4 Å². The molecule has 1 unspecified atom stereocenters. The van der Waals surface area contributed by atoms with E-state index in [0.29, 0.717) is 0 Å². The van der Waals surface area contributed by atoms with Gasteiger partial charge in [-0.15, -0.1) is 0 Å². The van der Waals surface area contributed by atoms with Crippen LogP contribution in [0.2, 0.25) is 0 Å². The lowest BCUT2D eigenvalue weighted by atomic mass is 10.0. The summed E-state index contributed by atoms with van der Waals surface area (Å²) in [6.45, 7) is 3.08. The van der Waals surface area contributed by atoms with Crippen LogP contribution >= 0.6 is 0 Å². The lowest BCUT2D eigenvalue weighted by molar-refractivity contribution is 0.157. The zero-order valence-electron chi connectivity index (χ0n) is 13.0. The van der Waals surface area contributed by atoms with Crippen molar-refractivity contribution in [3.05, 3.63) is 0 Å². The standard InChI is InChI=1S/C17H35NO/c1-2-3-4-5-6-7-8-9-10-11-12-17(19)15-18-16-13-14-16/h16-19H,2-15H2,1H3. The van der Waals surface area contributed by atoms with Crippen LogP contribution in [0.3, 0.4) is 0 Å². The van der Waals surface area contributed by atoms with Crippen molar-refractivity contribution in [2.45, 2.75) is 103 Å². The highest BCUT2D eigenvalue weighted by atomic mass is 16.3. The second-order valence-electron chi connectivity index (χ2n) is 6.31. The molecule has 0 aromatic rings. The van der Waals surface area contributed by atoms with E-state index in [1.165, 1.54) is 77.0 Å². The summed E-state index contributed by atoms with van der Waals surface area (Å²) in [5.41, 5.74) is 0. The quantitative estimate of drug-likeness (QED) is 0.458. The van der Waals surface area contributed by atoms with Gasteiger partial charge in [-0.2, -0.15) is 0 Å². The van der Waals surface area contributed by atoms with Crippen LogP contribution in [0.15, 0.2) is 0 Å². The molecule has 1 fully saturated rings. The van der Waals surface area contributed by atoms with Gasteiger partial charge in [0.25, 0.3) is 0 Å². The average molecular weight is 269 g/mol. The van der Waals surface area contributed by atoms with Crippen molar-refractivity contribution in [3.8, 4) is 0 Å². The topological polar surface area (TPSA) is 32.3 Å². The van der Waals surface area contributed by atoms with Crippen LogP contribution in [0.4, 0.5) is 0 Å². The van der Waals surface area contributed by atoms with E-state index < -0.39 is 0 Å². The van der Waals surface area contributed by atoms with Crippen molar-refractivity contribution in [1.29, 1.82) is 0 Å². The van der Waals surface area contributed by atoms with E-state index in [1.54, 1.807) is 0 Å². The van der Waals surface area contributed by atoms with Crippen molar-refractivity contribution in [1.82, 2.24) is 5.32 Å². The fraction of sp³-hybridized carbons (Fsp3) is 1.00. The Kier molecular flexibility index (Phi) is 10.5. The van der Waals surface area contributed by atoms with Crippen molar-refractivity contribution in [2.75, 3.05) is 6.54 Å². The molecule has 0 aliphatic heterocycles. The lowest BCUT2D eigenvalue weighted by Crippen LogP contribution is -2.28. The number of hydrogen-bond donors (Lipinski definition) is 2. The molecule has 0 amide bonds. The normalized spacial score (nSPS) is 16.7. The summed E-state index contributed by atoms with van der Waals surface area (Å²) in [5, 5.41) is 13.2. The highest BCUT2D eigenvalue weighted by molar-refractivity contribution is 4.81. The molecule has 1 aliphatic carbocycles. The van der Waals surface area contributed by atoms with Crippen molar-refractivity contribution < 1.29 is 5.11 Å². The molecule has 1 rings (SSSR count). The van der Waals surface area contributed by atoms with Gasteiger partial charge < -0.3 is 10.4 Å². The van der Waals surface area contributed by atoms with Gasteiger partial charge in [0.15, 0.2) is 0 Å². The molecule has 114 valence electrons. The van der Waals surface area contributed by atoms with Crippen LogP contribution in [0, 0.1) is 0 Å². The van der Waals surface area contributed by atoms with E-state index in [4.69, 9.17) is 0 Å². The summed E-state index contributed by atoms with van der Waals surface area (Å²) in [4.78, 5) is 0. The summed E-state index contributed by atoms with van der Waals surface area (Å²) >= 11 is 0. The Balaban J connectivity index is 1.70. The van der Waals surface area contributed by atoms with Gasteiger partial charge in [0.05, 0.1) is 6.10 Å². The molecule has 0 aromatic heterocycles. The van der Waals surface area contributed by atoms with E-state index in [2.05, 4.69) is 12.2 Å². The second-order valence-corrected chi connectivity index (χ2v) is 6.31. The first-order valence-electron chi connectivity index (χ1n) is 8.74. The molecule has 0 bridgehead atoms. The predicted molar refractivity (Wildman–Crippen MR) is 83.5 cm³/mol. The van der Waals surface area contributed by atoms with Gasteiger partial charge in [0.1, 0.15) is 0 Å². The minimum atomic E-state index is -0.116. The molecule has 0 saturated heterocycles. The molecule has 1 atom stereocenters. The Morgan fingerprint density at radius 3 is 1.95 bits per heavy atom. The third kappa shape index (κ3) is 11.4. The van der Waals surface area contributed by atoms with Crippen LogP contribution in [0.5, 0.6) is 0 Å². The molecule has 0 heterocycles. The smallest absolute Gasteiger partial charge is 0.0664 e. The molecule has 1 aliphatic rings. The van der Waals surface area contributed by atoms with Crippen LogP contribution in [0.25, 0.3) is 0 Å². The third-order valence-electron chi connectivity index (χ3n) is 4.11. The summed E-state index contributed by atoms with van der Waals surface area (Å²) in [6.07, 6.45) is 17.2. The summed E-state index contributed by atoms with van der Waals surface area (Å²) in [6, 6.07) is 0.724. The molecule has 19 heavy (non-hydrogen) atoms. The highest BCUT2D eigenvalue weighted by Crippen LogP contribution is 2.18. The Bertz CT molecular complexity index is 192. The third-order valence-corrected chi connectivity index (χ3v) is 4.11. The van der Waals surface area contributed by atoms with Gasteiger partial charge >= 0.3 is 0 Å². The molecule has 0 aromatic carbocycles. The Labute approximate surface area is 120 Å². The van der Waals surface area contributed by atoms with E-state index in [-0.39, 0.29) is 6.10 Å². The zero-order chi connectivity index (χ0) is 13.8. The Morgan fingerprint density at radius 1 is 0.895 bits per heavy atom. The molecular weight excluding hydrogens is 234 g/mol. The number of aliphatic hydroxyl groups is 1. The van der Waals surface area contributed by atoms with Crippen molar-refractivity contribution in [3.63, 3.8) is 0 Å². The van der Waals surface area contributed by atoms with E-state index in [9.17, 15) is 5.11 Å². The molecule has 2 heteroatoms. The maximum Gasteiger partial charge on any atom is 0.0664 e. The van der Waals surface area contributed by atoms with Crippen molar-refractivity contribution in [2.24, 2.45) is 0 Å². The zero-order valence-corrected chi connectivity index (χ0v) is 13.0. The largest absolute Gasteiger partial charge is 0.392 e. The first-order chi connectivity index (χ1) is 9.33. The van der Waals surface area contributed by atoms with E-state index in [1.807, 2.05) is 0 Å². The number of nitrogens with one attached hydrogen (secondary N) is 1. The summed E-state index contributed by atoms with van der Waals surface area (Å²) < 4.78 is 0. The number of aliphatic hydroxyl groups excluding tert-OH is 1. The fourth-order valence-electron chi connectivity index (χ4n) is 2.56. The highest BCUT2D eigenvalue weighted by Gasteiger charge is 2.20. The maximum atomic E-state index is 9.79. The number of rotatable bonds is 14. The van der Waals surface area contributed by atoms with Gasteiger partial charge in [-0.1, -0.05) is 71.1 Å². The minimum absolute atomic E-state index is 0.116. The second kappa shape index (κ2) is 11.7. The predicted octanol–water partition coefficient (Wildman–Crippen LogP) is 4.41. The first-order valence-corrected chi connectivity index (χ1v) is 8.74. The Morgan fingerprint density at radius 2 is 1.42 bits per heavy atom. The van der Waals surface area contributed by atoms with E-state index >= 15 is 0 Å². The van der Waals surface area contributed by atoms with E-state index in [0.717, 1.165) is 19.0 Å². The van der Waals surface area contributed by atoms with Crippen LogP contribution in [-0.2, 0) is 0 Å².